The molecule has 0 aromatic heterocycles. The van der Waals surface area contributed by atoms with Crippen molar-refractivity contribution in [2.75, 3.05) is 24.6 Å². The summed E-state index contributed by atoms with van der Waals surface area (Å²) in [5.41, 5.74) is 0. The summed E-state index contributed by atoms with van der Waals surface area (Å²) in [5.74, 6) is 2.48. The molecular weight excluding hydrogens is 234 g/mol. The fourth-order valence-corrected chi connectivity index (χ4v) is 4.66. The summed E-state index contributed by atoms with van der Waals surface area (Å²) in [6.45, 7) is 6.97. The lowest BCUT2D eigenvalue weighted by Crippen LogP contribution is -2.45. The highest BCUT2D eigenvalue weighted by molar-refractivity contribution is 7.91. The molecule has 2 rings (SSSR count). The maximum absolute atomic E-state index is 11.4. The maximum atomic E-state index is 11.4. The van der Waals surface area contributed by atoms with Crippen LogP contribution >= 0.6 is 0 Å². The number of likely N-dealkylation sites (tertiary alicyclic amines) is 1. The Balaban J connectivity index is 1.82. The Labute approximate surface area is 105 Å². The lowest BCUT2D eigenvalue weighted by molar-refractivity contribution is 0.108. The van der Waals surface area contributed by atoms with Crippen molar-refractivity contribution in [3.63, 3.8) is 0 Å². The molecule has 0 aliphatic carbocycles. The van der Waals surface area contributed by atoms with Gasteiger partial charge in [0.15, 0.2) is 0 Å². The highest BCUT2D eigenvalue weighted by atomic mass is 32.2. The van der Waals surface area contributed by atoms with Gasteiger partial charge in [-0.1, -0.05) is 13.8 Å². The molecular formula is C13H25NO2S. The van der Waals surface area contributed by atoms with E-state index in [9.17, 15) is 8.42 Å². The van der Waals surface area contributed by atoms with E-state index in [1.165, 1.54) is 25.9 Å². The van der Waals surface area contributed by atoms with Crippen molar-refractivity contribution in [2.45, 2.75) is 45.6 Å². The Bertz CT molecular complexity index is 328. The van der Waals surface area contributed by atoms with E-state index < -0.39 is 9.84 Å². The molecule has 100 valence electrons. The Morgan fingerprint density at radius 3 is 2.00 bits per heavy atom. The smallest absolute Gasteiger partial charge is 0.150 e. The molecule has 2 saturated heterocycles. The predicted octanol–water partition coefficient (Wildman–Crippen LogP) is 1.93. The molecule has 0 aromatic rings. The zero-order valence-electron chi connectivity index (χ0n) is 11.1. The first kappa shape index (κ1) is 13.3. The average Bonchev–Trinajstić information content (AvgIpc) is 2.29. The van der Waals surface area contributed by atoms with Crippen molar-refractivity contribution in [1.82, 2.24) is 4.90 Å². The Hall–Kier alpha value is -0.0900. The summed E-state index contributed by atoms with van der Waals surface area (Å²) in [6.07, 6.45) is 4.30. The number of nitrogens with zero attached hydrogens (tertiary/aromatic N) is 1. The molecule has 0 radical (unpaired) electrons. The van der Waals surface area contributed by atoms with Gasteiger partial charge in [-0.05, 0) is 50.6 Å². The van der Waals surface area contributed by atoms with Gasteiger partial charge in [-0.25, -0.2) is 8.42 Å². The van der Waals surface area contributed by atoms with E-state index in [2.05, 4.69) is 18.7 Å². The van der Waals surface area contributed by atoms with Crippen LogP contribution in [0.3, 0.4) is 0 Å². The van der Waals surface area contributed by atoms with Crippen LogP contribution in [0.25, 0.3) is 0 Å². The number of rotatable bonds is 2. The molecule has 2 fully saturated rings. The van der Waals surface area contributed by atoms with Crippen molar-refractivity contribution in [3.8, 4) is 0 Å². The third kappa shape index (κ3) is 3.44. The molecule has 0 saturated carbocycles. The summed E-state index contributed by atoms with van der Waals surface area (Å²) in [5, 5.41) is 0. The molecule has 2 heterocycles. The second kappa shape index (κ2) is 5.27. The van der Waals surface area contributed by atoms with E-state index in [4.69, 9.17) is 0 Å². The molecule has 4 heteroatoms. The highest BCUT2D eigenvalue weighted by Crippen LogP contribution is 2.28. The molecule has 0 bridgehead atoms. The van der Waals surface area contributed by atoms with Crippen LogP contribution in [0.15, 0.2) is 0 Å². The van der Waals surface area contributed by atoms with Gasteiger partial charge in [0.25, 0.3) is 0 Å². The van der Waals surface area contributed by atoms with Crippen molar-refractivity contribution in [3.05, 3.63) is 0 Å². The van der Waals surface area contributed by atoms with Gasteiger partial charge in [0, 0.05) is 6.04 Å². The lowest BCUT2D eigenvalue weighted by Gasteiger charge is -2.40. The topological polar surface area (TPSA) is 37.4 Å². The number of sulfone groups is 1. The SMILES string of the molecule is CC(C)C1CCN(C2CCS(=O)(=O)CC2)CC1. The van der Waals surface area contributed by atoms with Crippen LogP contribution in [0.2, 0.25) is 0 Å². The number of hydrogen-bond acceptors (Lipinski definition) is 3. The molecule has 2 aliphatic rings. The minimum absolute atomic E-state index is 0.405. The summed E-state index contributed by atoms with van der Waals surface area (Å²) >= 11 is 0. The third-order valence-corrected chi connectivity index (χ3v) is 6.27. The minimum atomic E-state index is -2.71. The van der Waals surface area contributed by atoms with Crippen LogP contribution in [-0.4, -0.2) is 44.0 Å². The van der Waals surface area contributed by atoms with E-state index in [0.717, 1.165) is 24.7 Å². The largest absolute Gasteiger partial charge is 0.300 e. The maximum Gasteiger partial charge on any atom is 0.150 e. The minimum Gasteiger partial charge on any atom is -0.300 e. The summed E-state index contributed by atoms with van der Waals surface area (Å²) in [6, 6.07) is 0.534. The van der Waals surface area contributed by atoms with Gasteiger partial charge in [-0.3, -0.25) is 0 Å². The van der Waals surface area contributed by atoms with Crippen LogP contribution in [0, 0.1) is 11.8 Å². The molecule has 0 atom stereocenters. The highest BCUT2D eigenvalue weighted by Gasteiger charge is 2.30. The molecule has 2 aliphatic heterocycles. The van der Waals surface area contributed by atoms with E-state index >= 15 is 0 Å². The Morgan fingerprint density at radius 2 is 1.53 bits per heavy atom. The van der Waals surface area contributed by atoms with Gasteiger partial charge in [0.05, 0.1) is 11.5 Å². The molecule has 17 heavy (non-hydrogen) atoms. The summed E-state index contributed by atoms with van der Waals surface area (Å²) in [7, 11) is -2.71. The van der Waals surface area contributed by atoms with Crippen molar-refractivity contribution in [1.29, 1.82) is 0 Å². The Kier molecular flexibility index (Phi) is 4.14. The van der Waals surface area contributed by atoms with Crippen LogP contribution < -0.4 is 0 Å². The second-order valence-corrected chi connectivity index (χ2v) is 8.30. The van der Waals surface area contributed by atoms with E-state index in [1.807, 2.05) is 0 Å². The second-order valence-electron chi connectivity index (χ2n) is 6.00. The first-order valence-electron chi connectivity index (χ1n) is 6.92. The monoisotopic (exact) mass is 259 g/mol. The van der Waals surface area contributed by atoms with Gasteiger partial charge in [-0.2, -0.15) is 0 Å². The first-order valence-corrected chi connectivity index (χ1v) is 8.74. The van der Waals surface area contributed by atoms with Crippen molar-refractivity contribution < 1.29 is 8.42 Å². The van der Waals surface area contributed by atoms with Gasteiger partial charge >= 0.3 is 0 Å². The molecule has 0 N–H and O–H groups in total. The fraction of sp³-hybridized carbons (Fsp3) is 1.00. The molecule has 0 aromatic carbocycles. The van der Waals surface area contributed by atoms with E-state index in [0.29, 0.717) is 17.5 Å². The number of piperidine rings is 1. The van der Waals surface area contributed by atoms with Crippen LogP contribution in [0.1, 0.15) is 39.5 Å². The average molecular weight is 259 g/mol. The van der Waals surface area contributed by atoms with Gasteiger partial charge < -0.3 is 4.90 Å². The molecule has 0 unspecified atom stereocenters. The molecule has 0 amide bonds. The van der Waals surface area contributed by atoms with Crippen LogP contribution in [0.4, 0.5) is 0 Å². The van der Waals surface area contributed by atoms with Gasteiger partial charge in [-0.15, -0.1) is 0 Å². The van der Waals surface area contributed by atoms with Crippen LogP contribution in [-0.2, 0) is 9.84 Å². The zero-order valence-corrected chi connectivity index (χ0v) is 11.9. The van der Waals surface area contributed by atoms with Crippen molar-refractivity contribution in [2.24, 2.45) is 11.8 Å². The standard InChI is InChI=1S/C13H25NO2S/c1-11(2)12-3-7-14(8-4-12)13-5-9-17(15,16)10-6-13/h11-13H,3-10H2,1-2H3. The van der Waals surface area contributed by atoms with Gasteiger partial charge in [0.1, 0.15) is 9.84 Å². The molecule has 3 nitrogen and oxygen atoms in total. The zero-order chi connectivity index (χ0) is 12.5. The number of hydrogen-bond donors (Lipinski definition) is 0. The summed E-state index contributed by atoms with van der Waals surface area (Å²) in [4.78, 5) is 2.54. The third-order valence-electron chi connectivity index (χ3n) is 4.56. The van der Waals surface area contributed by atoms with E-state index in [-0.39, 0.29) is 0 Å². The van der Waals surface area contributed by atoms with Crippen LogP contribution in [0.5, 0.6) is 0 Å². The normalized spacial score (nSPS) is 28.6. The lowest BCUT2D eigenvalue weighted by atomic mass is 9.86. The predicted molar refractivity (Wildman–Crippen MR) is 70.8 cm³/mol. The quantitative estimate of drug-likeness (QED) is 0.760. The Morgan fingerprint density at radius 1 is 1.00 bits per heavy atom. The van der Waals surface area contributed by atoms with Crippen molar-refractivity contribution >= 4 is 9.84 Å². The van der Waals surface area contributed by atoms with Gasteiger partial charge in [0.2, 0.25) is 0 Å². The summed E-state index contributed by atoms with van der Waals surface area (Å²) < 4.78 is 22.8. The van der Waals surface area contributed by atoms with E-state index in [1.54, 1.807) is 0 Å². The molecule has 0 spiro atoms. The fourth-order valence-electron chi connectivity index (χ4n) is 3.19. The first-order chi connectivity index (χ1) is 7.98.